The standard InChI is InChI=1S/C20H23N3O/c1-16-7-5-6-10-19(16)20(24)22-21-18-11-13-23(14-12-18)15-17-8-3-2-4-9-17/h2-10H,11-15H2,1H3,(H,22,24). The number of likely N-dealkylation sites (tertiary alicyclic amines) is 1. The van der Waals surface area contributed by atoms with Crippen LogP contribution in [0, 0.1) is 6.92 Å². The van der Waals surface area contributed by atoms with Gasteiger partial charge in [-0.1, -0.05) is 48.5 Å². The molecule has 4 heteroatoms. The molecule has 0 bridgehead atoms. The Balaban J connectivity index is 1.50. The van der Waals surface area contributed by atoms with E-state index in [1.807, 2.05) is 37.3 Å². The van der Waals surface area contributed by atoms with Crippen LogP contribution >= 0.6 is 0 Å². The third-order valence-corrected chi connectivity index (χ3v) is 4.39. The average molecular weight is 321 g/mol. The van der Waals surface area contributed by atoms with Crippen molar-refractivity contribution in [1.29, 1.82) is 0 Å². The van der Waals surface area contributed by atoms with Gasteiger partial charge in [-0.2, -0.15) is 5.10 Å². The first-order valence-corrected chi connectivity index (χ1v) is 8.40. The third-order valence-electron chi connectivity index (χ3n) is 4.39. The topological polar surface area (TPSA) is 44.7 Å². The Hall–Kier alpha value is -2.46. The molecule has 1 N–H and O–H groups in total. The van der Waals surface area contributed by atoms with Crippen molar-refractivity contribution < 1.29 is 4.79 Å². The van der Waals surface area contributed by atoms with Gasteiger partial charge in [-0.15, -0.1) is 0 Å². The predicted molar refractivity (Wildman–Crippen MR) is 97.0 cm³/mol. The monoisotopic (exact) mass is 321 g/mol. The number of carbonyl (C=O) groups is 1. The highest BCUT2D eigenvalue weighted by Crippen LogP contribution is 2.12. The van der Waals surface area contributed by atoms with Gasteiger partial charge >= 0.3 is 0 Å². The Kier molecular flexibility index (Phi) is 5.39. The Morgan fingerprint density at radius 2 is 1.71 bits per heavy atom. The lowest BCUT2D eigenvalue weighted by molar-refractivity contribution is 0.0953. The summed E-state index contributed by atoms with van der Waals surface area (Å²) < 4.78 is 0. The number of hydrogen-bond donors (Lipinski definition) is 1. The van der Waals surface area contributed by atoms with E-state index in [1.165, 1.54) is 5.56 Å². The minimum absolute atomic E-state index is 0.132. The van der Waals surface area contributed by atoms with Crippen molar-refractivity contribution in [1.82, 2.24) is 10.3 Å². The minimum atomic E-state index is -0.132. The molecule has 0 aliphatic carbocycles. The van der Waals surface area contributed by atoms with Crippen molar-refractivity contribution in [2.24, 2.45) is 5.10 Å². The molecule has 124 valence electrons. The molecule has 2 aromatic carbocycles. The molecule has 0 radical (unpaired) electrons. The van der Waals surface area contributed by atoms with Gasteiger partial charge in [-0.25, -0.2) is 5.43 Å². The van der Waals surface area contributed by atoms with Crippen molar-refractivity contribution in [2.45, 2.75) is 26.3 Å². The zero-order valence-electron chi connectivity index (χ0n) is 14.0. The highest BCUT2D eigenvalue weighted by Gasteiger charge is 2.16. The van der Waals surface area contributed by atoms with E-state index in [-0.39, 0.29) is 5.91 Å². The molecule has 0 spiro atoms. The molecule has 0 atom stereocenters. The van der Waals surface area contributed by atoms with E-state index in [2.05, 4.69) is 39.7 Å². The number of rotatable bonds is 4. The van der Waals surface area contributed by atoms with Gasteiger partial charge in [0.25, 0.3) is 5.91 Å². The van der Waals surface area contributed by atoms with Crippen molar-refractivity contribution in [3.63, 3.8) is 0 Å². The quantitative estimate of drug-likeness (QED) is 0.878. The van der Waals surface area contributed by atoms with Crippen LogP contribution in [0.3, 0.4) is 0 Å². The molecule has 2 aromatic rings. The summed E-state index contributed by atoms with van der Waals surface area (Å²) in [5, 5.41) is 4.33. The SMILES string of the molecule is Cc1ccccc1C(=O)NN=C1CCN(Cc2ccccc2)CC1. The summed E-state index contributed by atoms with van der Waals surface area (Å²) >= 11 is 0. The molecule has 1 heterocycles. The van der Waals surface area contributed by atoms with Crippen LogP contribution in [0.1, 0.15) is 34.3 Å². The molecule has 0 saturated carbocycles. The summed E-state index contributed by atoms with van der Waals surface area (Å²) in [6.45, 7) is 4.87. The van der Waals surface area contributed by atoms with E-state index < -0.39 is 0 Å². The average Bonchev–Trinajstić information content (AvgIpc) is 2.62. The molecule has 24 heavy (non-hydrogen) atoms. The van der Waals surface area contributed by atoms with Gasteiger partial charge in [-0.05, 0) is 24.1 Å². The second-order valence-corrected chi connectivity index (χ2v) is 6.20. The number of nitrogens with one attached hydrogen (secondary N) is 1. The zero-order chi connectivity index (χ0) is 16.8. The van der Waals surface area contributed by atoms with Crippen LogP contribution in [0.15, 0.2) is 59.7 Å². The zero-order valence-corrected chi connectivity index (χ0v) is 14.0. The highest BCUT2D eigenvalue weighted by atomic mass is 16.2. The molecule has 0 unspecified atom stereocenters. The summed E-state index contributed by atoms with van der Waals surface area (Å²) in [6, 6.07) is 18.1. The van der Waals surface area contributed by atoms with E-state index in [9.17, 15) is 4.79 Å². The second-order valence-electron chi connectivity index (χ2n) is 6.20. The molecule has 0 aromatic heterocycles. The number of aryl methyl sites for hydroxylation is 1. The number of amides is 1. The molecule has 1 aliphatic rings. The van der Waals surface area contributed by atoms with E-state index in [1.54, 1.807) is 0 Å². The van der Waals surface area contributed by atoms with Gasteiger partial charge in [0.1, 0.15) is 0 Å². The van der Waals surface area contributed by atoms with Crippen LogP contribution in [0.2, 0.25) is 0 Å². The van der Waals surface area contributed by atoms with E-state index in [4.69, 9.17) is 0 Å². The third kappa shape index (κ3) is 4.30. The molecular formula is C20H23N3O. The molecule has 1 amide bonds. The van der Waals surface area contributed by atoms with E-state index in [0.717, 1.165) is 43.8 Å². The largest absolute Gasteiger partial charge is 0.298 e. The second kappa shape index (κ2) is 7.88. The van der Waals surface area contributed by atoms with Crippen LogP contribution in [0.5, 0.6) is 0 Å². The van der Waals surface area contributed by atoms with Crippen LogP contribution in [-0.4, -0.2) is 29.6 Å². The molecule has 3 rings (SSSR count). The van der Waals surface area contributed by atoms with Gasteiger partial charge in [0, 0.05) is 43.8 Å². The first kappa shape index (κ1) is 16.4. The Bertz CT molecular complexity index is 715. The summed E-state index contributed by atoms with van der Waals surface area (Å²) in [5.41, 5.74) is 6.76. The van der Waals surface area contributed by atoms with Crippen molar-refractivity contribution in [3.05, 3.63) is 71.3 Å². The maximum absolute atomic E-state index is 12.2. The van der Waals surface area contributed by atoms with Crippen molar-refractivity contribution in [3.8, 4) is 0 Å². The normalized spacial score (nSPS) is 15.1. The number of nitrogens with zero attached hydrogens (tertiary/aromatic N) is 2. The summed E-state index contributed by atoms with van der Waals surface area (Å²) in [5.74, 6) is -0.132. The molecular weight excluding hydrogens is 298 g/mol. The first-order chi connectivity index (χ1) is 11.7. The molecule has 1 saturated heterocycles. The maximum atomic E-state index is 12.2. The lowest BCUT2D eigenvalue weighted by Gasteiger charge is -2.27. The van der Waals surface area contributed by atoms with Gasteiger partial charge in [0.05, 0.1) is 0 Å². The fourth-order valence-electron chi connectivity index (χ4n) is 2.94. The fourth-order valence-corrected chi connectivity index (χ4v) is 2.94. The molecule has 1 fully saturated rings. The van der Waals surface area contributed by atoms with Gasteiger partial charge < -0.3 is 0 Å². The Labute approximate surface area is 143 Å². The van der Waals surface area contributed by atoms with E-state index >= 15 is 0 Å². The minimum Gasteiger partial charge on any atom is -0.298 e. The smallest absolute Gasteiger partial charge is 0.271 e. The van der Waals surface area contributed by atoms with Crippen molar-refractivity contribution >= 4 is 11.6 Å². The lowest BCUT2D eigenvalue weighted by atomic mass is 10.1. The predicted octanol–water partition coefficient (Wildman–Crippen LogP) is 3.38. The molecule has 4 nitrogen and oxygen atoms in total. The Morgan fingerprint density at radius 3 is 2.42 bits per heavy atom. The summed E-state index contributed by atoms with van der Waals surface area (Å²) in [7, 11) is 0. The summed E-state index contributed by atoms with van der Waals surface area (Å²) in [4.78, 5) is 14.6. The van der Waals surface area contributed by atoms with Crippen molar-refractivity contribution in [2.75, 3.05) is 13.1 Å². The number of hydrazone groups is 1. The van der Waals surface area contributed by atoms with Gasteiger partial charge in [-0.3, -0.25) is 9.69 Å². The molecule has 1 aliphatic heterocycles. The fraction of sp³-hybridized carbons (Fsp3) is 0.300. The first-order valence-electron chi connectivity index (χ1n) is 8.40. The highest BCUT2D eigenvalue weighted by molar-refractivity contribution is 5.96. The van der Waals surface area contributed by atoms with Crippen LogP contribution in [-0.2, 0) is 6.54 Å². The number of benzene rings is 2. The number of piperidine rings is 1. The maximum Gasteiger partial charge on any atom is 0.271 e. The van der Waals surface area contributed by atoms with Crippen LogP contribution in [0.25, 0.3) is 0 Å². The van der Waals surface area contributed by atoms with Gasteiger partial charge in [0.15, 0.2) is 0 Å². The Morgan fingerprint density at radius 1 is 1.04 bits per heavy atom. The number of carbonyl (C=O) groups excluding carboxylic acids is 1. The summed E-state index contributed by atoms with van der Waals surface area (Å²) in [6.07, 6.45) is 1.81. The van der Waals surface area contributed by atoms with Gasteiger partial charge in [0.2, 0.25) is 0 Å². The van der Waals surface area contributed by atoms with Crippen LogP contribution in [0.4, 0.5) is 0 Å². The van der Waals surface area contributed by atoms with Crippen LogP contribution < -0.4 is 5.43 Å². The lowest BCUT2D eigenvalue weighted by Crippen LogP contribution is -2.34. The van der Waals surface area contributed by atoms with E-state index in [0.29, 0.717) is 5.56 Å². The number of hydrogen-bond acceptors (Lipinski definition) is 3.